The van der Waals surface area contributed by atoms with Gasteiger partial charge in [0.15, 0.2) is 22.5 Å². The number of nitrogens with zero attached hydrogens (tertiary/aromatic N) is 4. The number of aliphatic hydroxyl groups excluding tert-OH is 5. The molecule has 0 aliphatic carbocycles. The van der Waals surface area contributed by atoms with E-state index in [1.54, 1.807) is 24.3 Å². The Morgan fingerprint density at radius 2 is 1.53 bits per heavy atom. The van der Waals surface area contributed by atoms with Crippen LogP contribution in [0, 0.1) is 12.8 Å². The van der Waals surface area contributed by atoms with E-state index in [1.165, 1.54) is 4.90 Å². The van der Waals surface area contributed by atoms with E-state index in [1.807, 2.05) is 36.1 Å². The summed E-state index contributed by atoms with van der Waals surface area (Å²) < 4.78 is 0. The van der Waals surface area contributed by atoms with Gasteiger partial charge in [0.2, 0.25) is 0 Å². The first-order chi connectivity index (χ1) is 27.1. The van der Waals surface area contributed by atoms with Crippen molar-refractivity contribution in [3.8, 4) is 0 Å². The minimum absolute atomic E-state index is 0.00659. The van der Waals surface area contributed by atoms with Crippen LogP contribution in [0.1, 0.15) is 70.1 Å². The minimum Gasteiger partial charge on any atom is -0.465 e. The van der Waals surface area contributed by atoms with Crippen LogP contribution in [0.3, 0.4) is 0 Å². The Bertz CT molecular complexity index is 1740. The molecule has 314 valence electrons. The number of hydrogen-bond donors (Lipinski definition) is 10. The van der Waals surface area contributed by atoms with Gasteiger partial charge in [0, 0.05) is 44.8 Å². The highest BCUT2D eigenvalue weighted by Gasteiger charge is 2.31. The molecule has 5 atom stereocenters. The second-order valence-corrected chi connectivity index (χ2v) is 14.5. The number of halogens is 1. The van der Waals surface area contributed by atoms with Gasteiger partial charge in [-0.3, -0.25) is 14.5 Å². The van der Waals surface area contributed by atoms with Crippen LogP contribution in [0.5, 0.6) is 0 Å². The summed E-state index contributed by atoms with van der Waals surface area (Å²) >= 11 is 5.96. The number of carboxylic acid groups (broad SMARTS) is 1. The fourth-order valence-corrected chi connectivity index (χ4v) is 6.33. The number of carbonyl (C=O) groups is 3. The average molecular weight is 817 g/mol. The molecule has 0 fully saturated rings. The summed E-state index contributed by atoms with van der Waals surface area (Å²) in [6, 6.07) is 14.2. The fraction of sp³-hybridized carbons (Fsp3) is 0.513. The molecule has 1 heterocycles. The van der Waals surface area contributed by atoms with Crippen molar-refractivity contribution in [3.63, 3.8) is 0 Å². The molecule has 3 aromatic rings. The molecule has 3 rings (SSSR count). The molecule has 1 aromatic heterocycles. The zero-order valence-electron chi connectivity index (χ0n) is 32.4. The van der Waals surface area contributed by atoms with Crippen molar-refractivity contribution < 1.29 is 45.0 Å². The molecule has 0 aliphatic rings. The zero-order valence-corrected chi connectivity index (χ0v) is 33.2. The largest absolute Gasteiger partial charge is 0.465 e. The number of hydrogen-bond acceptors (Lipinski definition) is 13. The standard InChI is InChI=1S/C39H57ClN8O9/c1-3-4-5-8-16-47(22-29(50)32(52)33(53)30(51)23-49)17-15-43-37(54)27-13-11-25(12-14-27)20-48(39(56)57)21-26(18-28-10-7-6-9-24(28)2)19-44-38(55)31-35(41)46-36(42)34(40)45-31/h6-7,9-14,26,29-30,32-33,49-53H,3-5,8,15-23H2,1-2H3,(H,43,54)(H,44,55)(H,56,57)(H4,41,42,46)/t26-,29+,30+,32+,33+/m0/s1. The first kappa shape index (κ1) is 46.8. The number of rotatable bonds is 24. The number of unbranched alkanes of at least 4 members (excludes halogenated alkanes) is 3. The van der Waals surface area contributed by atoms with Gasteiger partial charge in [-0.25, -0.2) is 14.8 Å². The number of benzene rings is 2. The quantitative estimate of drug-likeness (QED) is 0.0573. The average Bonchev–Trinajstić information content (AvgIpc) is 3.19. The van der Waals surface area contributed by atoms with Crippen molar-refractivity contribution in [2.24, 2.45) is 5.92 Å². The predicted octanol–water partition coefficient (Wildman–Crippen LogP) is 1.42. The van der Waals surface area contributed by atoms with Gasteiger partial charge in [-0.2, -0.15) is 0 Å². The normalized spacial score (nSPS) is 14.1. The van der Waals surface area contributed by atoms with Crippen LogP contribution in [0.4, 0.5) is 16.4 Å². The number of carbonyl (C=O) groups excluding carboxylic acids is 2. The van der Waals surface area contributed by atoms with Gasteiger partial charge in [0.1, 0.15) is 18.3 Å². The van der Waals surface area contributed by atoms with E-state index in [0.717, 1.165) is 36.8 Å². The van der Waals surface area contributed by atoms with Crippen LogP contribution in [-0.2, 0) is 13.0 Å². The molecule has 12 N–H and O–H groups in total. The number of nitrogen functional groups attached to an aromatic ring is 2. The highest BCUT2D eigenvalue weighted by molar-refractivity contribution is 6.31. The number of aromatic nitrogens is 2. The molecular formula is C39H57ClN8O9. The van der Waals surface area contributed by atoms with Gasteiger partial charge in [-0.15, -0.1) is 0 Å². The SMILES string of the molecule is CCCCCCN(CCNC(=O)c1ccc(CN(C[C@H](CNC(=O)c2nc(Cl)c(N)nc2N)Cc2ccccc2C)C(=O)O)cc1)C[C@@H](O)[C@@H](O)[C@H](O)[C@H](O)CO. The van der Waals surface area contributed by atoms with Crippen molar-refractivity contribution in [1.29, 1.82) is 0 Å². The fourth-order valence-electron chi connectivity index (χ4n) is 6.21. The van der Waals surface area contributed by atoms with Gasteiger partial charge in [0.25, 0.3) is 11.8 Å². The Hall–Kier alpha value is -4.62. The zero-order chi connectivity index (χ0) is 42.1. The lowest BCUT2D eigenvalue weighted by atomic mass is 9.95. The van der Waals surface area contributed by atoms with Crippen LogP contribution >= 0.6 is 11.6 Å². The number of nitrogens with two attached hydrogens (primary N) is 2. The summed E-state index contributed by atoms with van der Waals surface area (Å²) in [7, 11) is 0. The number of aliphatic hydroxyl groups is 5. The van der Waals surface area contributed by atoms with Gasteiger partial charge in [-0.1, -0.05) is 74.2 Å². The van der Waals surface area contributed by atoms with Crippen molar-refractivity contribution in [3.05, 3.63) is 81.6 Å². The van der Waals surface area contributed by atoms with E-state index >= 15 is 0 Å². The summed E-state index contributed by atoms with van der Waals surface area (Å²) in [6.07, 6.45) is -3.36. The number of anilines is 2. The van der Waals surface area contributed by atoms with E-state index in [-0.39, 0.29) is 67.0 Å². The second kappa shape index (κ2) is 23.6. The lowest BCUT2D eigenvalue weighted by molar-refractivity contribution is -0.119. The minimum atomic E-state index is -1.73. The Morgan fingerprint density at radius 1 is 0.842 bits per heavy atom. The smallest absolute Gasteiger partial charge is 0.407 e. The monoisotopic (exact) mass is 816 g/mol. The topological polar surface area (TPSA) is 281 Å². The third-order valence-electron chi connectivity index (χ3n) is 9.59. The van der Waals surface area contributed by atoms with E-state index < -0.39 is 43.0 Å². The van der Waals surface area contributed by atoms with Gasteiger partial charge in [-0.05, 0) is 61.1 Å². The third kappa shape index (κ3) is 15.0. The molecule has 0 aliphatic heterocycles. The van der Waals surface area contributed by atoms with Crippen LogP contribution in [0.15, 0.2) is 48.5 Å². The molecule has 3 amide bonds. The van der Waals surface area contributed by atoms with E-state index in [9.17, 15) is 39.9 Å². The third-order valence-corrected chi connectivity index (χ3v) is 9.87. The van der Waals surface area contributed by atoms with Crippen molar-refractivity contribution >= 4 is 41.1 Å². The molecule has 18 heteroatoms. The van der Waals surface area contributed by atoms with Crippen LogP contribution in [-0.4, -0.2) is 139 Å². The molecular weight excluding hydrogens is 760 g/mol. The molecule has 57 heavy (non-hydrogen) atoms. The lowest BCUT2D eigenvalue weighted by Crippen LogP contribution is -2.50. The number of aryl methyl sites for hydroxylation is 1. The van der Waals surface area contributed by atoms with E-state index in [4.69, 9.17) is 28.2 Å². The number of amides is 3. The van der Waals surface area contributed by atoms with Gasteiger partial charge >= 0.3 is 6.09 Å². The van der Waals surface area contributed by atoms with E-state index in [2.05, 4.69) is 27.5 Å². The molecule has 0 spiro atoms. The lowest BCUT2D eigenvalue weighted by Gasteiger charge is -2.30. The molecule has 2 aromatic carbocycles. The summed E-state index contributed by atoms with van der Waals surface area (Å²) in [4.78, 5) is 49.5. The Kier molecular flexibility index (Phi) is 19.3. The van der Waals surface area contributed by atoms with E-state index in [0.29, 0.717) is 30.6 Å². The summed E-state index contributed by atoms with van der Waals surface area (Å²) in [6.45, 7) is 4.44. The van der Waals surface area contributed by atoms with Gasteiger partial charge in [0.05, 0.1) is 12.7 Å². The molecule has 0 saturated carbocycles. The number of nitrogens with one attached hydrogen (secondary N) is 2. The summed E-state index contributed by atoms with van der Waals surface area (Å²) in [5.41, 5.74) is 14.3. The Balaban J connectivity index is 1.64. The second-order valence-electron chi connectivity index (χ2n) is 14.1. The highest BCUT2D eigenvalue weighted by Crippen LogP contribution is 2.19. The highest BCUT2D eigenvalue weighted by atomic mass is 35.5. The molecule has 0 unspecified atom stereocenters. The van der Waals surface area contributed by atoms with Gasteiger partial charge < -0.3 is 57.6 Å². The first-order valence-electron chi connectivity index (χ1n) is 19.0. The summed E-state index contributed by atoms with van der Waals surface area (Å²) in [5, 5.41) is 65.3. The molecule has 0 saturated heterocycles. The van der Waals surface area contributed by atoms with Crippen LogP contribution < -0.4 is 22.1 Å². The predicted molar refractivity (Wildman–Crippen MR) is 215 cm³/mol. The van der Waals surface area contributed by atoms with Crippen molar-refractivity contribution in [1.82, 2.24) is 30.4 Å². The summed E-state index contributed by atoms with van der Waals surface area (Å²) in [5.74, 6) is -1.69. The van der Waals surface area contributed by atoms with Crippen molar-refractivity contribution in [2.75, 3.05) is 57.3 Å². The maximum absolute atomic E-state index is 13.1. The Labute approximate surface area is 337 Å². The molecule has 17 nitrogen and oxygen atoms in total. The Morgan fingerprint density at radius 3 is 2.18 bits per heavy atom. The maximum atomic E-state index is 13.1. The van der Waals surface area contributed by atoms with Crippen LogP contribution in [0.2, 0.25) is 5.15 Å². The van der Waals surface area contributed by atoms with Crippen molar-refractivity contribution in [2.45, 2.75) is 76.9 Å². The molecule has 0 radical (unpaired) electrons. The molecule has 0 bridgehead atoms. The first-order valence-corrected chi connectivity index (χ1v) is 19.3. The maximum Gasteiger partial charge on any atom is 0.407 e. The van der Waals surface area contributed by atoms with Crippen LogP contribution in [0.25, 0.3) is 0 Å².